The SMILES string of the molecule is C=C1CC23CC1(O)CCC2C1(C(=O)OC)CCCC(C)(C(=O)OC)C1C3C(=O)OC. The first kappa shape index (κ1) is 21.3. The maximum atomic E-state index is 13.5. The number of hydrogen-bond acceptors (Lipinski definition) is 7. The molecule has 0 saturated heterocycles. The number of rotatable bonds is 3. The van der Waals surface area contributed by atoms with Crippen LogP contribution in [0.4, 0.5) is 0 Å². The Bertz CT molecular complexity index is 820. The summed E-state index contributed by atoms with van der Waals surface area (Å²) in [5, 5.41) is 11.2. The van der Waals surface area contributed by atoms with Gasteiger partial charge in [0.1, 0.15) is 0 Å². The van der Waals surface area contributed by atoms with Crippen LogP contribution < -0.4 is 0 Å². The van der Waals surface area contributed by atoms with Gasteiger partial charge in [-0.2, -0.15) is 0 Å². The van der Waals surface area contributed by atoms with Gasteiger partial charge in [-0.3, -0.25) is 14.4 Å². The summed E-state index contributed by atoms with van der Waals surface area (Å²) < 4.78 is 15.8. The Labute approximate surface area is 177 Å². The third-order valence-corrected chi connectivity index (χ3v) is 9.14. The third kappa shape index (κ3) is 2.27. The summed E-state index contributed by atoms with van der Waals surface area (Å²) in [6, 6.07) is 0. The van der Waals surface area contributed by atoms with Gasteiger partial charge in [0.15, 0.2) is 0 Å². The van der Waals surface area contributed by atoms with E-state index in [0.29, 0.717) is 50.5 Å². The monoisotopic (exact) mass is 420 g/mol. The number of fused-ring (bicyclic) bond motifs is 3. The summed E-state index contributed by atoms with van der Waals surface area (Å²) in [6.45, 7) is 5.93. The second-order valence-corrected chi connectivity index (χ2v) is 10.1. The van der Waals surface area contributed by atoms with Crippen LogP contribution in [-0.2, 0) is 28.6 Å². The normalized spacial score (nSPS) is 46.6. The first-order valence-corrected chi connectivity index (χ1v) is 10.7. The average molecular weight is 421 g/mol. The van der Waals surface area contributed by atoms with Crippen molar-refractivity contribution >= 4 is 17.9 Å². The lowest BCUT2D eigenvalue weighted by molar-refractivity contribution is -0.181. The molecule has 30 heavy (non-hydrogen) atoms. The number of hydrogen-bond donors (Lipinski definition) is 1. The lowest BCUT2D eigenvalue weighted by Crippen LogP contribution is -2.55. The van der Waals surface area contributed by atoms with Crippen LogP contribution >= 0.6 is 0 Å². The minimum atomic E-state index is -1.05. The fourth-order valence-electron chi connectivity index (χ4n) is 8.22. The van der Waals surface area contributed by atoms with Gasteiger partial charge in [-0.25, -0.2) is 0 Å². The lowest BCUT2D eigenvalue weighted by atomic mass is 9.52. The van der Waals surface area contributed by atoms with Crippen LogP contribution in [-0.4, -0.2) is 49.9 Å². The van der Waals surface area contributed by atoms with Gasteiger partial charge in [0.25, 0.3) is 0 Å². The van der Waals surface area contributed by atoms with Crippen LogP contribution in [0.2, 0.25) is 0 Å². The average Bonchev–Trinajstić information content (AvgIpc) is 3.10. The highest BCUT2D eigenvalue weighted by atomic mass is 16.5. The number of esters is 3. The van der Waals surface area contributed by atoms with Crippen LogP contribution in [0.15, 0.2) is 12.2 Å². The van der Waals surface area contributed by atoms with Gasteiger partial charge in [0.2, 0.25) is 0 Å². The maximum absolute atomic E-state index is 13.5. The summed E-state index contributed by atoms with van der Waals surface area (Å²) in [5.41, 5.74) is -3.06. The summed E-state index contributed by atoms with van der Waals surface area (Å²) in [5.74, 6) is -2.77. The van der Waals surface area contributed by atoms with E-state index in [0.717, 1.165) is 0 Å². The van der Waals surface area contributed by atoms with Crippen molar-refractivity contribution in [3.05, 3.63) is 12.2 Å². The van der Waals surface area contributed by atoms with E-state index in [1.807, 2.05) is 0 Å². The van der Waals surface area contributed by atoms with Gasteiger partial charge >= 0.3 is 17.9 Å². The fraction of sp³-hybridized carbons (Fsp3) is 0.783. The molecule has 1 spiro atoms. The van der Waals surface area contributed by atoms with Crippen molar-refractivity contribution in [1.82, 2.24) is 0 Å². The quantitative estimate of drug-likeness (QED) is 0.425. The Morgan fingerprint density at radius 2 is 1.70 bits per heavy atom. The molecule has 0 aliphatic heterocycles. The molecule has 4 fully saturated rings. The van der Waals surface area contributed by atoms with E-state index in [-0.39, 0.29) is 11.9 Å². The highest BCUT2D eigenvalue weighted by molar-refractivity contribution is 5.87. The van der Waals surface area contributed by atoms with Crippen LogP contribution in [0.25, 0.3) is 0 Å². The smallest absolute Gasteiger partial charge is 0.312 e. The molecule has 0 heterocycles. The molecule has 0 aromatic rings. The molecule has 166 valence electrons. The highest BCUT2D eigenvalue weighted by Gasteiger charge is 2.80. The number of carbonyl (C=O) groups excluding carboxylic acids is 3. The maximum Gasteiger partial charge on any atom is 0.312 e. The van der Waals surface area contributed by atoms with E-state index in [9.17, 15) is 19.5 Å². The van der Waals surface area contributed by atoms with Gasteiger partial charge in [0, 0.05) is 5.92 Å². The first-order chi connectivity index (χ1) is 14.1. The Kier molecular flexibility index (Phi) is 4.66. The number of methoxy groups -OCH3 is 3. The van der Waals surface area contributed by atoms with Crippen molar-refractivity contribution in [2.24, 2.45) is 34.0 Å². The lowest BCUT2D eigenvalue weighted by Gasteiger charge is -2.50. The zero-order valence-corrected chi connectivity index (χ0v) is 18.3. The molecule has 4 saturated carbocycles. The van der Waals surface area contributed by atoms with Crippen LogP contribution in [0.3, 0.4) is 0 Å². The van der Waals surface area contributed by atoms with Gasteiger partial charge in [-0.1, -0.05) is 13.0 Å². The molecule has 4 aliphatic carbocycles. The van der Waals surface area contributed by atoms with Crippen molar-refractivity contribution in [2.75, 3.05) is 21.3 Å². The molecule has 7 nitrogen and oxygen atoms in total. The number of ether oxygens (including phenoxy) is 3. The van der Waals surface area contributed by atoms with Gasteiger partial charge < -0.3 is 19.3 Å². The van der Waals surface area contributed by atoms with Crippen LogP contribution in [0.1, 0.15) is 51.9 Å². The molecule has 4 aliphatic rings. The van der Waals surface area contributed by atoms with Crippen LogP contribution in [0, 0.1) is 34.0 Å². The molecular formula is C23H32O7. The fourth-order valence-corrected chi connectivity index (χ4v) is 8.22. The van der Waals surface area contributed by atoms with Crippen molar-refractivity contribution in [1.29, 1.82) is 0 Å². The molecule has 7 atom stereocenters. The zero-order chi connectivity index (χ0) is 22.1. The van der Waals surface area contributed by atoms with Crippen molar-refractivity contribution in [3.63, 3.8) is 0 Å². The summed E-state index contributed by atoms with van der Waals surface area (Å²) in [7, 11) is 4.04. The van der Waals surface area contributed by atoms with Crippen molar-refractivity contribution in [2.45, 2.75) is 57.5 Å². The third-order valence-electron chi connectivity index (χ3n) is 9.14. The van der Waals surface area contributed by atoms with E-state index in [4.69, 9.17) is 14.2 Å². The van der Waals surface area contributed by atoms with Gasteiger partial charge in [0.05, 0.1) is 43.7 Å². The molecule has 1 N–H and O–H groups in total. The minimum Gasteiger partial charge on any atom is -0.469 e. The molecule has 0 amide bonds. The predicted molar refractivity (Wildman–Crippen MR) is 106 cm³/mol. The summed E-state index contributed by atoms with van der Waals surface area (Å²) in [4.78, 5) is 39.9. The topological polar surface area (TPSA) is 99.1 Å². The molecule has 7 heteroatoms. The second kappa shape index (κ2) is 6.55. The van der Waals surface area contributed by atoms with E-state index >= 15 is 0 Å². The van der Waals surface area contributed by atoms with E-state index in [1.165, 1.54) is 21.3 Å². The first-order valence-electron chi connectivity index (χ1n) is 10.7. The zero-order valence-electron chi connectivity index (χ0n) is 18.3. The highest BCUT2D eigenvalue weighted by Crippen LogP contribution is 2.78. The molecule has 0 aromatic heterocycles. The number of carbonyl (C=O) groups is 3. The number of aliphatic hydroxyl groups is 1. The molecule has 2 bridgehead atoms. The Hall–Kier alpha value is -1.89. The summed E-state index contributed by atoms with van der Waals surface area (Å²) >= 11 is 0. The van der Waals surface area contributed by atoms with Gasteiger partial charge in [-0.15, -0.1) is 0 Å². The molecular weight excluding hydrogens is 388 g/mol. The van der Waals surface area contributed by atoms with Crippen LogP contribution in [0.5, 0.6) is 0 Å². The molecule has 0 radical (unpaired) electrons. The Morgan fingerprint density at radius 1 is 1.03 bits per heavy atom. The predicted octanol–water partition coefficient (Wildman–Crippen LogP) is 2.41. The van der Waals surface area contributed by atoms with Crippen molar-refractivity contribution in [3.8, 4) is 0 Å². The second-order valence-electron chi connectivity index (χ2n) is 10.1. The summed E-state index contributed by atoms with van der Waals surface area (Å²) in [6.07, 6.45) is 3.59. The largest absolute Gasteiger partial charge is 0.469 e. The minimum absolute atomic E-state index is 0.199. The Morgan fingerprint density at radius 3 is 2.30 bits per heavy atom. The van der Waals surface area contributed by atoms with E-state index in [2.05, 4.69) is 6.58 Å². The molecule has 0 aromatic carbocycles. The Balaban J connectivity index is 2.01. The van der Waals surface area contributed by atoms with Gasteiger partial charge in [-0.05, 0) is 62.4 Å². The van der Waals surface area contributed by atoms with E-state index < -0.39 is 45.6 Å². The molecule has 7 unspecified atom stereocenters. The van der Waals surface area contributed by atoms with Crippen molar-refractivity contribution < 1.29 is 33.7 Å². The standard InChI is InChI=1S/C23H32O7/c1-13-11-21-12-22(13,27)10-7-14(21)23(19(26)30-5)9-6-8-20(2,18(25)29-4)16(23)15(21)17(24)28-3/h14-16,27H,1,6-12H2,2-5H3. The molecule has 4 rings (SSSR count). The van der Waals surface area contributed by atoms with E-state index in [1.54, 1.807) is 6.92 Å².